The highest BCUT2D eigenvalue weighted by atomic mass is 16.2. The average molecular weight is 415 g/mol. The van der Waals surface area contributed by atoms with Crippen LogP contribution in [0.4, 0.5) is 5.69 Å². The number of benzene rings is 1. The zero-order chi connectivity index (χ0) is 22.1. The molecule has 1 aromatic heterocycles. The summed E-state index contributed by atoms with van der Waals surface area (Å²) in [7, 11) is 1.77. The number of nitrogens with zero attached hydrogens (tertiary/aromatic N) is 2. The Bertz CT molecular complexity index is 899. The SMILES string of the molecule is CCCCC(CC)CNC(=O)CCC(=O)Nc1c(C)n(C)n(-c2ccccc2)c1=O. The van der Waals surface area contributed by atoms with Crippen molar-refractivity contribution in [2.75, 3.05) is 11.9 Å². The van der Waals surface area contributed by atoms with E-state index in [0.29, 0.717) is 18.2 Å². The third-order valence-electron chi connectivity index (χ3n) is 5.53. The Labute approximate surface area is 178 Å². The molecule has 0 saturated heterocycles. The lowest BCUT2D eigenvalue weighted by Crippen LogP contribution is -2.30. The van der Waals surface area contributed by atoms with E-state index in [2.05, 4.69) is 24.5 Å². The van der Waals surface area contributed by atoms with Gasteiger partial charge < -0.3 is 10.6 Å². The van der Waals surface area contributed by atoms with Crippen LogP contribution in [0.2, 0.25) is 0 Å². The number of anilines is 1. The van der Waals surface area contributed by atoms with E-state index in [1.54, 1.807) is 18.7 Å². The fraction of sp³-hybridized carbons (Fsp3) is 0.522. The third kappa shape index (κ3) is 6.08. The van der Waals surface area contributed by atoms with Crippen molar-refractivity contribution in [2.24, 2.45) is 13.0 Å². The van der Waals surface area contributed by atoms with Crippen molar-refractivity contribution in [1.29, 1.82) is 0 Å². The first kappa shape index (κ1) is 23.4. The van der Waals surface area contributed by atoms with Crippen LogP contribution in [0.5, 0.6) is 0 Å². The molecule has 2 amide bonds. The maximum atomic E-state index is 12.8. The van der Waals surface area contributed by atoms with Crippen molar-refractivity contribution in [1.82, 2.24) is 14.7 Å². The van der Waals surface area contributed by atoms with Gasteiger partial charge in [-0.2, -0.15) is 0 Å². The summed E-state index contributed by atoms with van der Waals surface area (Å²) in [5, 5.41) is 5.63. The molecular formula is C23H34N4O3. The van der Waals surface area contributed by atoms with Gasteiger partial charge in [-0.05, 0) is 31.4 Å². The van der Waals surface area contributed by atoms with Crippen molar-refractivity contribution in [3.05, 3.63) is 46.4 Å². The first-order valence-electron chi connectivity index (χ1n) is 10.8. The number of aromatic nitrogens is 2. The van der Waals surface area contributed by atoms with E-state index in [1.807, 2.05) is 30.3 Å². The van der Waals surface area contributed by atoms with Gasteiger partial charge in [0, 0.05) is 26.4 Å². The Balaban J connectivity index is 1.93. The van der Waals surface area contributed by atoms with Gasteiger partial charge in [0.05, 0.1) is 11.4 Å². The number of hydrogen-bond acceptors (Lipinski definition) is 3. The smallest absolute Gasteiger partial charge is 0.295 e. The summed E-state index contributed by atoms with van der Waals surface area (Å²) >= 11 is 0. The monoisotopic (exact) mass is 414 g/mol. The molecule has 7 heteroatoms. The molecule has 0 aliphatic heterocycles. The maximum Gasteiger partial charge on any atom is 0.295 e. The van der Waals surface area contributed by atoms with Crippen LogP contribution in [0, 0.1) is 12.8 Å². The van der Waals surface area contributed by atoms with Gasteiger partial charge in [0.1, 0.15) is 5.69 Å². The summed E-state index contributed by atoms with van der Waals surface area (Å²) in [6.07, 6.45) is 4.59. The summed E-state index contributed by atoms with van der Waals surface area (Å²) < 4.78 is 3.22. The van der Waals surface area contributed by atoms with Crippen LogP contribution in [0.25, 0.3) is 5.69 Å². The molecule has 1 aromatic carbocycles. The number of amides is 2. The molecule has 0 radical (unpaired) electrons. The van der Waals surface area contributed by atoms with E-state index in [1.165, 1.54) is 4.68 Å². The lowest BCUT2D eigenvalue weighted by molar-refractivity contribution is -0.124. The highest BCUT2D eigenvalue weighted by Crippen LogP contribution is 2.14. The zero-order valence-electron chi connectivity index (χ0n) is 18.5. The maximum absolute atomic E-state index is 12.8. The summed E-state index contributed by atoms with van der Waals surface area (Å²) in [5.74, 6) is 0.00640. The third-order valence-corrected chi connectivity index (χ3v) is 5.53. The molecule has 7 nitrogen and oxygen atoms in total. The fourth-order valence-electron chi connectivity index (χ4n) is 3.43. The van der Waals surface area contributed by atoms with Gasteiger partial charge in [-0.15, -0.1) is 0 Å². The predicted molar refractivity (Wildman–Crippen MR) is 120 cm³/mol. The minimum absolute atomic E-state index is 0.0384. The highest BCUT2D eigenvalue weighted by molar-refractivity contribution is 5.93. The molecule has 1 atom stereocenters. The highest BCUT2D eigenvalue weighted by Gasteiger charge is 2.18. The number of unbranched alkanes of at least 4 members (excludes halogenated alkanes) is 1. The molecule has 0 saturated carbocycles. The van der Waals surface area contributed by atoms with Crippen molar-refractivity contribution < 1.29 is 9.59 Å². The molecule has 0 fully saturated rings. The first-order chi connectivity index (χ1) is 14.4. The zero-order valence-corrected chi connectivity index (χ0v) is 18.5. The minimum Gasteiger partial charge on any atom is -0.356 e. The number of carbonyl (C=O) groups is 2. The molecule has 0 bridgehead atoms. The van der Waals surface area contributed by atoms with Crippen molar-refractivity contribution >= 4 is 17.5 Å². The van der Waals surface area contributed by atoms with Crippen LogP contribution in [0.3, 0.4) is 0 Å². The lowest BCUT2D eigenvalue weighted by atomic mass is 9.99. The largest absolute Gasteiger partial charge is 0.356 e. The summed E-state index contributed by atoms with van der Waals surface area (Å²) in [5.41, 5.74) is 1.34. The quantitative estimate of drug-likeness (QED) is 0.590. The molecule has 1 unspecified atom stereocenters. The number of nitrogens with one attached hydrogen (secondary N) is 2. The number of carbonyl (C=O) groups excluding carboxylic acids is 2. The Hall–Kier alpha value is -2.83. The predicted octanol–water partition coefficient (Wildman–Crippen LogP) is 3.54. The van der Waals surface area contributed by atoms with Crippen molar-refractivity contribution in [3.8, 4) is 5.69 Å². The summed E-state index contributed by atoms with van der Waals surface area (Å²) in [4.78, 5) is 37.3. The number of para-hydroxylation sites is 1. The van der Waals surface area contributed by atoms with Gasteiger partial charge in [-0.25, -0.2) is 4.68 Å². The van der Waals surface area contributed by atoms with Crippen LogP contribution in [0.1, 0.15) is 58.1 Å². The van der Waals surface area contributed by atoms with Crippen LogP contribution < -0.4 is 16.2 Å². The van der Waals surface area contributed by atoms with E-state index in [4.69, 9.17) is 0 Å². The molecule has 0 spiro atoms. The Kier molecular flexibility index (Phi) is 8.89. The van der Waals surface area contributed by atoms with Gasteiger partial charge in [-0.1, -0.05) is 51.3 Å². The van der Waals surface area contributed by atoms with Crippen LogP contribution in [-0.4, -0.2) is 27.7 Å². The summed E-state index contributed by atoms with van der Waals surface area (Å²) in [6, 6.07) is 9.25. The topological polar surface area (TPSA) is 85.1 Å². The summed E-state index contributed by atoms with van der Waals surface area (Å²) in [6.45, 7) is 6.72. The molecule has 0 aliphatic carbocycles. The lowest BCUT2D eigenvalue weighted by Gasteiger charge is -2.15. The van der Waals surface area contributed by atoms with Crippen molar-refractivity contribution in [2.45, 2.75) is 59.3 Å². The molecule has 164 valence electrons. The van der Waals surface area contributed by atoms with E-state index >= 15 is 0 Å². The van der Waals surface area contributed by atoms with E-state index in [9.17, 15) is 14.4 Å². The van der Waals surface area contributed by atoms with E-state index < -0.39 is 0 Å². The van der Waals surface area contributed by atoms with Crippen LogP contribution >= 0.6 is 0 Å². The molecular weight excluding hydrogens is 380 g/mol. The molecule has 0 aliphatic rings. The molecule has 2 aromatic rings. The van der Waals surface area contributed by atoms with Crippen LogP contribution in [0.15, 0.2) is 35.1 Å². The molecule has 2 rings (SSSR count). The average Bonchev–Trinajstić information content (AvgIpc) is 2.96. The Morgan fingerprint density at radius 1 is 1.07 bits per heavy atom. The van der Waals surface area contributed by atoms with Gasteiger partial charge >= 0.3 is 0 Å². The fourth-order valence-corrected chi connectivity index (χ4v) is 3.43. The van der Waals surface area contributed by atoms with Gasteiger partial charge in [0.25, 0.3) is 5.56 Å². The molecule has 1 heterocycles. The molecule has 30 heavy (non-hydrogen) atoms. The number of hydrogen-bond donors (Lipinski definition) is 2. The number of rotatable bonds is 11. The second-order valence-electron chi connectivity index (χ2n) is 7.71. The molecule has 2 N–H and O–H groups in total. The van der Waals surface area contributed by atoms with Gasteiger partial charge in [0.2, 0.25) is 11.8 Å². The van der Waals surface area contributed by atoms with E-state index in [0.717, 1.165) is 31.4 Å². The van der Waals surface area contributed by atoms with Crippen molar-refractivity contribution in [3.63, 3.8) is 0 Å². The normalized spacial score (nSPS) is 11.9. The van der Waals surface area contributed by atoms with E-state index in [-0.39, 0.29) is 35.9 Å². The van der Waals surface area contributed by atoms with Gasteiger partial charge in [0.15, 0.2) is 0 Å². The first-order valence-corrected chi connectivity index (χ1v) is 10.8. The van der Waals surface area contributed by atoms with Gasteiger partial charge in [-0.3, -0.25) is 19.1 Å². The van der Waals surface area contributed by atoms with Crippen LogP contribution in [-0.2, 0) is 16.6 Å². The Morgan fingerprint density at radius 2 is 1.73 bits per heavy atom. The standard InChI is InChI=1S/C23H34N4O3/c1-5-7-11-18(6-2)16-24-20(28)14-15-21(29)25-22-17(3)26(4)27(23(22)30)19-12-9-8-10-13-19/h8-10,12-13,18H,5-7,11,14-16H2,1-4H3,(H,24,28)(H,25,29). The minimum atomic E-state index is -0.339. The second kappa shape index (κ2) is 11.4. The second-order valence-corrected chi connectivity index (χ2v) is 7.71. The Morgan fingerprint density at radius 3 is 2.37 bits per heavy atom.